The lowest BCUT2D eigenvalue weighted by molar-refractivity contribution is 1.31. The summed E-state index contributed by atoms with van der Waals surface area (Å²) in [5.41, 5.74) is 14.6. The molecule has 0 aliphatic heterocycles. The molecule has 3 aromatic rings. The van der Waals surface area contributed by atoms with E-state index in [0.717, 1.165) is 16.7 Å². The van der Waals surface area contributed by atoms with Crippen LogP contribution in [0, 0.1) is 10.8 Å². The number of aromatic nitrogens is 2. The molecule has 0 aliphatic carbocycles. The third-order valence-corrected chi connectivity index (χ3v) is 3.25. The molecule has 7 nitrogen and oxygen atoms in total. The molecule has 1 heterocycles. The van der Waals surface area contributed by atoms with Crippen LogP contribution in [0.5, 0.6) is 0 Å². The maximum Gasteiger partial charge on any atom is 0.205 e. The van der Waals surface area contributed by atoms with Crippen LogP contribution in [-0.4, -0.2) is 21.6 Å². The molecule has 8 N–H and O–H groups in total. The quantitative estimate of drug-likeness (QED) is 0.322. The second kappa shape index (κ2) is 5.21. The predicted octanol–water partition coefficient (Wildman–Crippen LogP) is 1.87. The Kier molecular flexibility index (Phi) is 3.23. The minimum Gasteiger partial charge on any atom is -0.384 e. The van der Waals surface area contributed by atoms with E-state index in [9.17, 15) is 0 Å². The number of nitrogens with one attached hydrogen (secondary N) is 4. The fourth-order valence-electron chi connectivity index (χ4n) is 2.11. The van der Waals surface area contributed by atoms with Gasteiger partial charge in [0, 0.05) is 16.8 Å². The Balaban J connectivity index is 1.87. The first-order chi connectivity index (χ1) is 10.5. The van der Waals surface area contributed by atoms with Crippen molar-refractivity contribution < 1.29 is 0 Å². The maximum absolute atomic E-state index is 7.45. The Labute approximate surface area is 126 Å². The Morgan fingerprint density at radius 2 is 1.59 bits per heavy atom. The van der Waals surface area contributed by atoms with E-state index in [1.165, 1.54) is 0 Å². The lowest BCUT2D eigenvalue weighted by atomic mass is 10.2. The molecule has 22 heavy (non-hydrogen) atoms. The zero-order valence-corrected chi connectivity index (χ0v) is 11.6. The Morgan fingerprint density at radius 1 is 0.955 bits per heavy atom. The number of benzene rings is 2. The zero-order valence-electron chi connectivity index (χ0n) is 11.6. The molecule has 0 atom stereocenters. The highest BCUT2D eigenvalue weighted by Crippen LogP contribution is 2.19. The first kappa shape index (κ1) is 13.6. The summed E-state index contributed by atoms with van der Waals surface area (Å²) in [6.45, 7) is 0. The van der Waals surface area contributed by atoms with Crippen LogP contribution in [0.3, 0.4) is 0 Å². The van der Waals surface area contributed by atoms with E-state index in [-0.39, 0.29) is 11.7 Å². The molecule has 0 unspecified atom stereocenters. The molecular weight excluding hydrogens is 278 g/mol. The minimum atomic E-state index is 0.0193. The number of fused-ring (bicyclic) bond motifs is 1. The maximum atomic E-state index is 7.45. The highest BCUT2D eigenvalue weighted by molar-refractivity contribution is 5.98. The van der Waals surface area contributed by atoms with Crippen molar-refractivity contribution in [1.29, 1.82) is 10.8 Å². The summed E-state index contributed by atoms with van der Waals surface area (Å²) >= 11 is 0. The molecule has 0 saturated heterocycles. The van der Waals surface area contributed by atoms with Gasteiger partial charge in [-0.2, -0.15) is 0 Å². The Hall–Kier alpha value is -3.35. The van der Waals surface area contributed by atoms with Crippen LogP contribution in [0.25, 0.3) is 11.0 Å². The number of imidazole rings is 1. The number of rotatable bonds is 4. The molecule has 2 aromatic carbocycles. The largest absolute Gasteiger partial charge is 0.384 e. The Morgan fingerprint density at radius 3 is 2.23 bits per heavy atom. The zero-order chi connectivity index (χ0) is 15.7. The standard InChI is InChI=1S/C15H15N7/c16-13(17)8-1-4-10(5-2-8)20-15-21-11-6-3-9(14(18)19)7-12(11)22-15/h1-7H,(H3,16,17)(H3,18,19)(H2,20,21,22). The number of amidine groups is 2. The lowest BCUT2D eigenvalue weighted by Crippen LogP contribution is -2.10. The van der Waals surface area contributed by atoms with Crippen LogP contribution in [-0.2, 0) is 0 Å². The monoisotopic (exact) mass is 293 g/mol. The molecule has 110 valence electrons. The van der Waals surface area contributed by atoms with E-state index in [4.69, 9.17) is 22.3 Å². The van der Waals surface area contributed by atoms with Gasteiger partial charge in [-0.25, -0.2) is 4.98 Å². The number of H-pyrrole nitrogens is 1. The van der Waals surface area contributed by atoms with Crippen molar-refractivity contribution in [3.05, 3.63) is 53.6 Å². The van der Waals surface area contributed by atoms with Gasteiger partial charge in [-0.3, -0.25) is 10.8 Å². The van der Waals surface area contributed by atoms with E-state index >= 15 is 0 Å². The van der Waals surface area contributed by atoms with Crippen LogP contribution in [0.1, 0.15) is 11.1 Å². The van der Waals surface area contributed by atoms with Crippen LogP contribution in [0.4, 0.5) is 11.6 Å². The van der Waals surface area contributed by atoms with Crippen molar-refractivity contribution in [2.75, 3.05) is 5.32 Å². The smallest absolute Gasteiger partial charge is 0.205 e. The van der Waals surface area contributed by atoms with Gasteiger partial charge in [0.2, 0.25) is 5.95 Å². The first-order valence-corrected chi connectivity index (χ1v) is 6.58. The molecule has 0 bridgehead atoms. The average molecular weight is 293 g/mol. The van der Waals surface area contributed by atoms with E-state index < -0.39 is 0 Å². The average Bonchev–Trinajstić information content (AvgIpc) is 2.88. The minimum absolute atomic E-state index is 0.0193. The van der Waals surface area contributed by atoms with Crippen LogP contribution < -0.4 is 16.8 Å². The first-order valence-electron chi connectivity index (χ1n) is 6.58. The van der Waals surface area contributed by atoms with Gasteiger partial charge in [0.25, 0.3) is 0 Å². The Bertz CT molecular complexity index is 861. The predicted molar refractivity (Wildman–Crippen MR) is 87.9 cm³/mol. The van der Waals surface area contributed by atoms with Gasteiger partial charge in [-0.15, -0.1) is 0 Å². The summed E-state index contributed by atoms with van der Waals surface area (Å²) in [6.07, 6.45) is 0. The number of nitrogens with zero attached hydrogens (tertiary/aromatic N) is 1. The van der Waals surface area contributed by atoms with Gasteiger partial charge in [-0.05, 0) is 42.5 Å². The number of anilines is 2. The number of hydrogen-bond acceptors (Lipinski definition) is 4. The normalized spacial score (nSPS) is 10.5. The fraction of sp³-hybridized carbons (Fsp3) is 0. The van der Waals surface area contributed by atoms with Crippen molar-refractivity contribution in [2.24, 2.45) is 11.5 Å². The van der Waals surface area contributed by atoms with Crippen molar-refractivity contribution >= 4 is 34.3 Å². The lowest BCUT2D eigenvalue weighted by Gasteiger charge is -2.03. The number of nitrogens with two attached hydrogens (primary N) is 2. The third kappa shape index (κ3) is 2.59. The molecule has 1 aromatic heterocycles. The second-order valence-electron chi connectivity index (χ2n) is 4.85. The summed E-state index contributed by atoms with van der Waals surface area (Å²) in [4.78, 5) is 7.56. The fourth-order valence-corrected chi connectivity index (χ4v) is 2.11. The molecule has 0 fully saturated rings. The molecule has 0 saturated carbocycles. The van der Waals surface area contributed by atoms with Gasteiger partial charge >= 0.3 is 0 Å². The van der Waals surface area contributed by atoms with E-state index in [2.05, 4.69) is 15.3 Å². The molecule has 0 amide bonds. The number of aromatic amines is 1. The van der Waals surface area contributed by atoms with Crippen LogP contribution in [0.2, 0.25) is 0 Å². The van der Waals surface area contributed by atoms with Crippen molar-refractivity contribution in [3.63, 3.8) is 0 Å². The van der Waals surface area contributed by atoms with Crippen molar-refractivity contribution in [1.82, 2.24) is 9.97 Å². The number of nitrogen functional groups attached to an aromatic ring is 2. The van der Waals surface area contributed by atoms with E-state index in [0.29, 0.717) is 17.1 Å². The van der Waals surface area contributed by atoms with Gasteiger partial charge in [0.15, 0.2) is 0 Å². The van der Waals surface area contributed by atoms with Gasteiger partial charge in [0.05, 0.1) is 11.0 Å². The van der Waals surface area contributed by atoms with E-state index in [1.54, 1.807) is 24.3 Å². The molecule has 0 spiro atoms. The van der Waals surface area contributed by atoms with Gasteiger partial charge in [-0.1, -0.05) is 0 Å². The summed E-state index contributed by atoms with van der Waals surface area (Å²) in [7, 11) is 0. The molecular formula is C15H15N7. The summed E-state index contributed by atoms with van der Waals surface area (Å²) in [6, 6.07) is 12.5. The van der Waals surface area contributed by atoms with Gasteiger partial charge in [0.1, 0.15) is 11.7 Å². The summed E-state index contributed by atoms with van der Waals surface area (Å²) in [5, 5.41) is 18.0. The SMILES string of the molecule is N=C(N)c1ccc(Nc2nc3ccc(C(=N)N)cc3[nH]2)cc1. The molecule has 7 heteroatoms. The number of hydrogen-bond donors (Lipinski definition) is 6. The summed E-state index contributed by atoms with van der Waals surface area (Å²) < 4.78 is 0. The third-order valence-electron chi connectivity index (χ3n) is 3.25. The van der Waals surface area contributed by atoms with Crippen molar-refractivity contribution in [3.8, 4) is 0 Å². The summed E-state index contributed by atoms with van der Waals surface area (Å²) in [5.74, 6) is 0.643. The van der Waals surface area contributed by atoms with Gasteiger partial charge < -0.3 is 21.8 Å². The van der Waals surface area contributed by atoms with Crippen LogP contribution in [0.15, 0.2) is 42.5 Å². The topological polar surface area (TPSA) is 140 Å². The second-order valence-corrected chi connectivity index (χ2v) is 4.85. The highest BCUT2D eigenvalue weighted by atomic mass is 15.1. The van der Waals surface area contributed by atoms with Crippen molar-refractivity contribution in [2.45, 2.75) is 0 Å². The van der Waals surface area contributed by atoms with Crippen LogP contribution >= 0.6 is 0 Å². The van der Waals surface area contributed by atoms with E-state index in [1.807, 2.05) is 18.2 Å². The highest BCUT2D eigenvalue weighted by Gasteiger charge is 2.05. The molecule has 3 rings (SSSR count). The molecule has 0 radical (unpaired) electrons. The molecule has 0 aliphatic rings.